The lowest BCUT2D eigenvalue weighted by Gasteiger charge is -2.29. The van der Waals surface area contributed by atoms with Crippen molar-refractivity contribution in [1.29, 1.82) is 0 Å². The van der Waals surface area contributed by atoms with Crippen molar-refractivity contribution in [3.05, 3.63) is 70.7 Å². The second-order valence-electron chi connectivity index (χ2n) is 8.23. The molecular formula is C24H21F2N3O3. The van der Waals surface area contributed by atoms with Gasteiger partial charge in [0.15, 0.2) is 5.75 Å². The van der Waals surface area contributed by atoms with E-state index in [9.17, 15) is 23.5 Å². The van der Waals surface area contributed by atoms with E-state index in [1.807, 2.05) is 0 Å². The molecular weight excluding hydrogens is 416 g/mol. The van der Waals surface area contributed by atoms with E-state index in [1.54, 1.807) is 29.2 Å². The maximum absolute atomic E-state index is 13.6. The monoisotopic (exact) mass is 437 g/mol. The highest BCUT2D eigenvalue weighted by atomic mass is 19.1. The van der Waals surface area contributed by atoms with Crippen LogP contribution < -0.4 is 0 Å². The van der Waals surface area contributed by atoms with Gasteiger partial charge in [-0.25, -0.2) is 8.78 Å². The molecule has 2 aliphatic heterocycles. The van der Waals surface area contributed by atoms with Crippen LogP contribution in [0.15, 0.2) is 42.6 Å². The zero-order valence-electron chi connectivity index (χ0n) is 17.2. The van der Waals surface area contributed by atoms with Crippen molar-refractivity contribution in [3.63, 3.8) is 0 Å². The molecule has 32 heavy (non-hydrogen) atoms. The van der Waals surface area contributed by atoms with Gasteiger partial charge in [0.2, 0.25) is 0 Å². The molecule has 164 valence electrons. The van der Waals surface area contributed by atoms with E-state index in [0.29, 0.717) is 29.6 Å². The molecule has 6 nitrogen and oxygen atoms in total. The number of aromatic hydroxyl groups is 1. The highest BCUT2D eigenvalue weighted by Crippen LogP contribution is 2.40. The van der Waals surface area contributed by atoms with Gasteiger partial charge in [-0.2, -0.15) is 0 Å². The Kier molecular flexibility index (Phi) is 5.00. The fourth-order valence-electron chi connectivity index (χ4n) is 4.55. The van der Waals surface area contributed by atoms with Crippen molar-refractivity contribution >= 4 is 22.7 Å². The molecule has 0 spiro atoms. The zero-order valence-corrected chi connectivity index (χ0v) is 17.2. The minimum atomic E-state index is -0.921. The fraction of sp³-hybridized carbons (Fsp3) is 0.292. The molecule has 1 N–H and O–H groups in total. The number of fused-ring (bicyclic) bond motifs is 2. The van der Waals surface area contributed by atoms with E-state index < -0.39 is 12.1 Å². The molecule has 2 aliphatic rings. The van der Waals surface area contributed by atoms with E-state index >= 15 is 0 Å². The van der Waals surface area contributed by atoms with Crippen molar-refractivity contribution < 1.29 is 23.5 Å². The van der Waals surface area contributed by atoms with Crippen LogP contribution in [0.4, 0.5) is 8.78 Å². The Morgan fingerprint density at radius 1 is 1.16 bits per heavy atom. The summed E-state index contributed by atoms with van der Waals surface area (Å²) < 4.78 is 26.9. The molecule has 0 radical (unpaired) electrons. The SMILES string of the molecule is O=C1c2c(c(C(=O)N3CCC(F)CC3)c3cccnc3c2O)CN1Cc1ccc(F)cc1. The molecule has 1 aromatic heterocycles. The molecule has 0 atom stereocenters. The molecule has 1 fully saturated rings. The lowest BCUT2D eigenvalue weighted by atomic mass is 9.95. The van der Waals surface area contributed by atoms with Gasteiger partial charge >= 0.3 is 0 Å². The van der Waals surface area contributed by atoms with Crippen LogP contribution in [0.3, 0.4) is 0 Å². The Morgan fingerprint density at radius 3 is 2.59 bits per heavy atom. The van der Waals surface area contributed by atoms with Gasteiger partial charge in [-0.05, 0) is 36.6 Å². The molecule has 8 heteroatoms. The summed E-state index contributed by atoms with van der Waals surface area (Å²) in [7, 11) is 0. The first kappa shape index (κ1) is 20.4. The van der Waals surface area contributed by atoms with E-state index in [1.165, 1.54) is 23.2 Å². The number of alkyl halides is 1. The molecule has 3 heterocycles. The Morgan fingerprint density at radius 2 is 1.88 bits per heavy atom. The van der Waals surface area contributed by atoms with Gasteiger partial charge in [0.25, 0.3) is 11.8 Å². The second kappa shape index (κ2) is 7.85. The summed E-state index contributed by atoms with van der Waals surface area (Å²) in [6.45, 7) is 0.928. The lowest BCUT2D eigenvalue weighted by Crippen LogP contribution is -2.39. The summed E-state index contributed by atoms with van der Waals surface area (Å²) >= 11 is 0. The molecule has 0 bridgehead atoms. The highest BCUT2D eigenvalue weighted by molar-refractivity contribution is 6.15. The lowest BCUT2D eigenvalue weighted by molar-refractivity contribution is 0.0665. The summed E-state index contributed by atoms with van der Waals surface area (Å²) in [5.41, 5.74) is 1.76. The van der Waals surface area contributed by atoms with Crippen molar-refractivity contribution in [2.24, 2.45) is 0 Å². The molecule has 0 saturated carbocycles. The minimum Gasteiger partial charge on any atom is -0.505 e. The van der Waals surface area contributed by atoms with Crippen molar-refractivity contribution in [1.82, 2.24) is 14.8 Å². The molecule has 0 unspecified atom stereocenters. The summed E-state index contributed by atoms with van der Waals surface area (Å²) in [4.78, 5) is 34.1. The number of phenolic OH excluding ortho intramolecular Hbond substituents is 1. The van der Waals surface area contributed by atoms with Gasteiger partial charge in [0, 0.05) is 43.3 Å². The standard InChI is InChI=1S/C24H21F2N3O3/c25-15-5-3-14(4-6-15)12-29-13-18-19(23(31)28-10-7-16(26)8-11-28)17-2-1-9-27-21(17)22(30)20(18)24(29)32/h1-6,9,16,30H,7-8,10-13H2. The normalized spacial score (nSPS) is 16.6. The molecule has 3 aromatic rings. The van der Waals surface area contributed by atoms with Crippen LogP contribution in [0.2, 0.25) is 0 Å². The first-order chi connectivity index (χ1) is 15.4. The highest BCUT2D eigenvalue weighted by Gasteiger charge is 2.38. The van der Waals surface area contributed by atoms with Gasteiger partial charge in [0.1, 0.15) is 17.5 Å². The van der Waals surface area contributed by atoms with Crippen LogP contribution >= 0.6 is 0 Å². The number of pyridine rings is 1. The Labute approximate surface area is 183 Å². The number of aromatic nitrogens is 1. The molecule has 1 saturated heterocycles. The van der Waals surface area contributed by atoms with Gasteiger partial charge < -0.3 is 14.9 Å². The largest absolute Gasteiger partial charge is 0.505 e. The van der Waals surface area contributed by atoms with Crippen LogP contribution in [-0.2, 0) is 13.1 Å². The second-order valence-corrected chi connectivity index (χ2v) is 8.23. The number of nitrogens with zero attached hydrogens (tertiary/aromatic N) is 3. The van der Waals surface area contributed by atoms with Gasteiger partial charge in [-0.1, -0.05) is 18.2 Å². The maximum Gasteiger partial charge on any atom is 0.258 e. The van der Waals surface area contributed by atoms with Crippen molar-refractivity contribution in [2.75, 3.05) is 13.1 Å². The van der Waals surface area contributed by atoms with Gasteiger partial charge in [0.05, 0.1) is 11.1 Å². The van der Waals surface area contributed by atoms with E-state index in [-0.39, 0.29) is 54.5 Å². The average Bonchev–Trinajstić information content (AvgIpc) is 3.12. The fourth-order valence-corrected chi connectivity index (χ4v) is 4.55. The number of piperidine rings is 1. The first-order valence-electron chi connectivity index (χ1n) is 10.5. The van der Waals surface area contributed by atoms with Crippen LogP contribution in [0, 0.1) is 5.82 Å². The van der Waals surface area contributed by atoms with Crippen molar-refractivity contribution in [2.45, 2.75) is 32.1 Å². The summed E-state index contributed by atoms with van der Waals surface area (Å²) in [5.74, 6) is -1.32. The van der Waals surface area contributed by atoms with E-state index in [0.717, 1.165) is 5.56 Å². The molecule has 5 rings (SSSR count). The third-order valence-electron chi connectivity index (χ3n) is 6.20. The van der Waals surface area contributed by atoms with Crippen LogP contribution in [0.5, 0.6) is 5.75 Å². The quantitative estimate of drug-likeness (QED) is 0.676. The van der Waals surface area contributed by atoms with Crippen LogP contribution in [-0.4, -0.2) is 51.0 Å². The van der Waals surface area contributed by atoms with E-state index in [4.69, 9.17) is 0 Å². The minimum absolute atomic E-state index is 0.0713. The third kappa shape index (κ3) is 3.36. The number of hydrogen-bond donors (Lipinski definition) is 1. The number of carbonyl (C=O) groups is 2. The van der Waals surface area contributed by atoms with Crippen molar-refractivity contribution in [3.8, 4) is 5.75 Å². The first-order valence-corrected chi connectivity index (χ1v) is 10.5. The maximum atomic E-state index is 13.6. The van der Waals surface area contributed by atoms with Crippen LogP contribution in [0.1, 0.15) is 44.7 Å². The predicted molar refractivity (Wildman–Crippen MR) is 113 cm³/mol. The number of benzene rings is 2. The molecule has 0 aliphatic carbocycles. The predicted octanol–water partition coefficient (Wildman–Crippen LogP) is 3.81. The number of hydrogen-bond acceptors (Lipinski definition) is 4. The van der Waals surface area contributed by atoms with Gasteiger partial charge in [-0.3, -0.25) is 14.6 Å². The number of likely N-dealkylation sites (tertiary alicyclic amines) is 1. The third-order valence-corrected chi connectivity index (χ3v) is 6.20. The number of phenols is 1. The molecule has 2 amide bonds. The average molecular weight is 437 g/mol. The zero-order chi connectivity index (χ0) is 22.4. The smallest absolute Gasteiger partial charge is 0.258 e. The molecule has 2 aromatic carbocycles. The summed E-state index contributed by atoms with van der Waals surface area (Å²) in [6, 6.07) is 9.20. The van der Waals surface area contributed by atoms with Crippen LogP contribution in [0.25, 0.3) is 10.9 Å². The summed E-state index contributed by atoms with van der Waals surface area (Å²) in [6.07, 6.45) is 1.12. The Balaban J connectivity index is 1.58. The van der Waals surface area contributed by atoms with E-state index in [2.05, 4.69) is 4.98 Å². The Bertz CT molecular complexity index is 1220. The van der Waals surface area contributed by atoms with Gasteiger partial charge in [-0.15, -0.1) is 0 Å². The summed E-state index contributed by atoms with van der Waals surface area (Å²) in [5, 5.41) is 11.3. The number of amides is 2. The Hall–Kier alpha value is -3.55. The topological polar surface area (TPSA) is 73.7 Å². The number of rotatable bonds is 3. The number of carbonyl (C=O) groups excluding carboxylic acids is 2. The number of halogens is 2.